The summed E-state index contributed by atoms with van der Waals surface area (Å²) in [7, 11) is 0. The van der Waals surface area contributed by atoms with Gasteiger partial charge in [-0.05, 0) is 33.4 Å². The summed E-state index contributed by atoms with van der Waals surface area (Å²) in [6, 6.07) is 0.567. The van der Waals surface area contributed by atoms with E-state index >= 15 is 0 Å². The van der Waals surface area contributed by atoms with E-state index in [1.807, 2.05) is 0 Å². The van der Waals surface area contributed by atoms with Crippen molar-refractivity contribution in [2.45, 2.75) is 39.7 Å². The number of oxime groups is 1. The number of rotatable bonds is 6. The molecule has 0 radical (unpaired) electrons. The third-order valence-electron chi connectivity index (χ3n) is 2.14. The molecule has 0 aromatic carbocycles. The van der Waals surface area contributed by atoms with E-state index in [1.165, 1.54) is 0 Å². The zero-order valence-corrected chi connectivity index (χ0v) is 8.82. The Morgan fingerprint density at radius 3 is 2.54 bits per heavy atom. The lowest BCUT2D eigenvalue weighted by Gasteiger charge is -2.24. The Kier molecular flexibility index (Phi) is 6.32. The molecule has 0 bridgehead atoms. The van der Waals surface area contributed by atoms with Crippen LogP contribution in [-0.2, 0) is 0 Å². The second-order valence-electron chi connectivity index (χ2n) is 3.42. The molecule has 0 aromatic heterocycles. The van der Waals surface area contributed by atoms with Gasteiger partial charge in [0.25, 0.3) is 0 Å². The molecule has 0 atom stereocenters. The van der Waals surface area contributed by atoms with Gasteiger partial charge in [0, 0.05) is 12.5 Å². The molecule has 0 rings (SSSR count). The van der Waals surface area contributed by atoms with Crippen molar-refractivity contribution in [2.75, 3.05) is 13.1 Å². The van der Waals surface area contributed by atoms with E-state index in [0.29, 0.717) is 18.3 Å². The van der Waals surface area contributed by atoms with Crippen LogP contribution in [0.3, 0.4) is 0 Å². The highest BCUT2D eigenvalue weighted by molar-refractivity contribution is 5.79. The second kappa shape index (κ2) is 6.71. The molecule has 0 heterocycles. The number of hydrogen-bond donors (Lipinski definition) is 2. The van der Waals surface area contributed by atoms with E-state index in [2.05, 4.69) is 30.8 Å². The van der Waals surface area contributed by atoms with Gasteiger partial charge in [-0.3, -0.25) is 0 Å². The van der Waals surface area contributed by atoms with E-state index in [4.69, 9.17) is 10.9 Å². The molecule has 0 fully saturated rings. The fourth-order valence-electron chi connectivity index (χ4n) is 1.29. The second-order valence-corrected chi connectivity index (χ2v) is 3.42. The standard InChI is InChI=1S/C9H21N3O/c1-4-12(8(2)3)7-5-6-9(10)11-13/h8,13H,4-7H2,1-3H3,(H2,10,11). The van der Waals surface area contributed by atoms with Crippen molar-refractivity contribution in [2.24, 2.45) is 10.9 Å². The Bertz CT molecular complexity index is 157. The molecular weight excluding hydrogens is 166 g/mol. The van der Waals surface area contributed by atoms with Crippen molar-refractivity contribution >= 4 is 5.84 Å². The highest BCUT2D eigenvalue weighted by Gasteiger charge is 2.06. The fourth-order valence-corrected chi connectivity index (χ4v) is 1.29. The first-order chi connectivity index (χ1) is 6.11. The SMILES string of the molecule is CCN(CCC/C(N)=N/O)C(C)C. The van der Waals surface area contributed by atoms with Gasteiger partial charge in [-0.25, -0.2) is 0 Å². The number of amidine groups is 1. The van der Waals surface area contributed by atoms with Crippen LogP contribution >= 0.6 is 0 Å². The third-order valence-corrected chi connectivity index (χ3v) is 2.14. The molecule has 0 aliphatic carbocycles. The van der Waals surface area contributed by atoms with Gasteiger partial charge in [-0.1, -0.05) is 12.1 Å². The lowest BCUT2D eigenvalue weighted by Crippen LogP contribution is -2.32. The smallest absolute Gasteiger partial charge is 0.139 e. The molecule has 13 heavy (non-hydrogen) atoms. The number of nitrogens with two attached hydrogens (primary N) is 1. The monoisotopic (exact) mass is 187 g/mol. The maximum absolute atomic E-state index is 8.32. The molecule has 0 spiro atoms. The largest absolute Gasteiger partial charge is 0.409 e. The van der Waals surface area contributed by atoms with Crippen LogP contribution < -0.4 is 5.73 Å². The summed E-state index contributed by atoms with van der Waals surface area (Å²) < 4.78 is 0. The summed E-state index contributed by atoms with van der Waals surface area (Å²) in [6.45, 7) is 8.54. The molecular formula is C9H21N3O. The zero-order chi connectivity index (χ0) is 10.3. The summed E-state index contributed by atoms with van der Waals surface area (Å²) in [4.78, 5) is 2.35. The van der Waals surface area contributed by atoms with Crippen molar-refractivity contribution in [3.8, 4) is 0 Å². The molecule has 0 unspecified atom stereocenters. The van der Waals surface area contributed by atoms with Gasteiger partial charge < -0.3 is 15.8 Å². The van der Waals surface area contributed by atoms with E-state index in [1.54, 1.807) is 0 Å². The first-order valence-electron chi connectivity index (χ1n) is 4.82. The Balaban J connectivity index is 3.61. The van der Waals surface area contributed by atoms with Crippen LogP contribution in [0.5, 0.6) is 0 Å². The topological polar surface area (TPSA) is 61.8 Å². The van der Waals surface area contributed by atoms with E-state index < -0.39 is 0 Å². The van der Waals surface area contributed by atoms with Crippen LogP contribution in [0, 0.1) is 0 Å². The molecule has 0 saturated heterocycles. The van der Waals surface area contributed by atoms with Gasteiger partial charge in [-0.2, -0.15) is 0 Å². The highest BCUT2D eigenvalue weighted by Crippen LogP contribution is 2.00. The highest BCUT2D eigenvalue weighted by atomic mass is 16.4. The Morgan fingerprint density at radius 1 is 1.54 bits per heavy atom. The van der Waals surface area contributed by atoms with Crippen molar-refractivity contribution in [3.05, 3.63) is 0 Å². The van der Waals surface area contributed by atoms with E-state index in [9.17, 15) is 0 Å². The lowest BCUT2D eigenvalue weighted by atomic mass is 10.2. The molecule has 4 heteroatoms. The van der Waals surface area contributed by atoms with Gasteiger partial charge in [-0.15, -0.1) is 0 Å². The Morgan fingerprint density at radius 2 is 2.15 bits per heavy atom. The molecule has 78 valence electrons. The minimum atomic E-state index is 0.319. The minimum Gasteiger partial charge on any atom is -0.409 e. The normalized spacial score (nSPS) is 12.8. The van der Waals surface area contributed by atoms with Crippen LogP contribution in [0.1, 0.15) is 33.6 Å². The number of nitrogens with zero attached hydrogens (tertiary/aromatic N) is 2. The molecule has 0 aliphatic rings. The van der Waals surface area contributed by atoms with Gasteiger partial charge in [0.1, 0.15) is 5.84 Å². The molecule has 0 saturated carbocycles. The maximum atomic E-state index is 8.32. The summed E-state index contributed by atoms with van der Waals surface area (Å²) in [5, 5.41) is 11.2. The van der Waals surface area contributed by atoms with Crippen molar-refractivity contribution in [1.29, 1.82) is 0 Å². The summed E-state index contributed by atoms with van der Waals surface area (Å²) >= 11 is 0. The minimum absolute atomic E-state index is 0.319. The predicted octanol–water partition coefficient (Wildman–Crippen LogP) is 1.24. The van der Waals surface area contributed by atoms with Crippen LogP contribution in [0.25, 0.3) is 0 Å². The average Bonchev–Trinajstić information content (AvgIpc) is 2.11. The summed E-state index contributed by atoms with van der Waals surface area (Å²) in [5.41, 5.74) is 5.36. The Hall–Kier alpha value is -0.770. The van der Waals surface area contributed by atoms with Crippen molar-refractivity contribution in [3.63, 3.8) is 0 Å². The quantitative estimate of drug-likeness (QED) is 0.285. The third kappa shape index (κ3) is 5.47. The van der Waals surface area contributed by atoms with Crippen molar-refractivity contribution in [1.82, 2.24) is 4.90 Å². The van der Waals surface area contributed by atoms with E-state index in [-0.39, 0.29) is 0 Å². The average molecular weight is 187 g/mol. The fraction of sp³-hybridized carbons (Fsp3) is 0.889. The molecule has 4 nitrogen and oxygen atoms in total. The van der Waals surface area contributed by atoms with Crippen LogP contribution in [0.4, 0.5) is 0 Å². The predicted molar refractivity (Wildman–Crippen MR) is 55.0 cm³/mol. The maximum Gasteiger partial charge on any atom is 0.139 e. The Labute approximate surface area is 80.4 Å². The summed E-state index contributed by atoms with van der Waals surface area (Å²) in [5.74, 6) is 0.319. The van der Waals surface area contributed by atoms with E-state index in [0.717, 1.165) is 19.5 Å². The van der Waals surface area contributed by atoms with Gasteiger partial charge in [0.05, 0.1) is 0 Å². The molecule has 3 N–H and O–H groups in total. The lowest BCUT2D eigenvalue weighted by molar-refractivity contribution is 0.232. The number of hydrogen-bond acceptors (Lipinski definition) is 3. The zero-order valence-electron chi connectivity index (χ0n) is 8.82. The van der Waals surface area contributed by atoms with Gasteiger partial charge in [0.15, 0.2) is 0 Å². The van der Waals surface area contributed by atoms with Crippen molar-refractivity contribution < 1.29 is 5.21 Å². The van der Waals surface area contributed by atoms with Gasteiger partial charge >= 0.3 is 0 Å². The first-order valence-corrected chi connectivity index (χ1v) is 4.82. The molecule has 0 amide bonds. The first kappa shape index (κ1) is 12.2. The summed E-state index contributed by atoms with van der Waals surface area (Å²) in [6.07, 6.45) is 1.61. The van der Waals surface area contributed by atoms with Gasteiger partial charge in [0.2, 0.25) is 0 Å². The van der Waals surface area contributed by atoms with Crippen LogP contribution in [0.2, 0.25) is 0 Å². The van der Waals surface area contributed by atoms with Crippen LogP contribution in [-0.4, -0.2) is 35.1 Å². The van der Waals surface area contributed by atoms with Crippen LogP contribution in [0.15, 0.2) is 5.16 Å². The molecule has 0 aromatic rings. The molecule has 0 aliphatic heterocycles.